The zero-order chi connectivity index (χ0) is 22.2. The van der Waals surface area contributed by atoms with Crippen molar-refractivity contribution in [3.8, 4) is 17.2 Å². The zero-order valence-corrected chi connectivity index (χ0v) is 17.6. The molecule has 0 spiro atoms. The van der Waals surface area contributed by atoms with Crippen LogP contribution in [0.3, 0.4) is 0 Å². The van der Waals surface area contributed by atoms with Gasteiger partial charge in [-0.05, 0) is 66.2 Å². The number of amides is 1. The van der Waals surface area contributed by atoms with Crippen molar-refractivity contribution >= 4 is 29.7 Å². The largest absolute Gasteiger partial charge is 0.497 e. The highest BCUT2D eigenvalue weighted by Crippen LogP contribution is 2.28. The maximum Gasteiger partial charge on any atom is 0.343 e. The number of hydrogen-bond acceptors (Lipinski definition) is 6. The van der Waals surface area contributed by atoms with Gasteiger partial charge in [-0.25, -0.2) is 10.2 Å². The molecule has 0 atom stereocenters. The first-order chi connectivity index (χ1) is 15.0. The Bertz CT molecular complexity index is 1110. The predicted molar refractivity (Wildman–Crippen MR) is 117 cm³/mol. The Hall–Kier alpha value is -3.84. The van der Waals surface area contributed by atoms with Crippen molar-refractivity contribution in [3.05, 3.63) is 88.4 Å². The van der Waals surface area contributed by atoms with Crippen LogP contribution < -0.4 is 19.6 Å². The summed E-state index contributed by atoms with van der Waals surface area (Å²) in [4.78, 5) is 24.5. The lowest BCUT2D eigenvalue weighted by atomic mass is 10.2. The molecule has 0 aliphatic rings. The lowest BCUT2D eigenvalue weighted by Crippen LogP contribution is -2.17. The lowest BCUT2D eigenvalue weighted by Gasteiger charge is -2.10. The summed E-state index contributed by atoms with van der Waals surface area (Å²) in [7, 11) is 2.99. The van der Waals surface area contributed by atoms with Gasteiger partial charge in [0.25, 0.3) is 5.91 Å². The van der Waals surface area contributed by atoms with Gasteiger partial charge in [0.1, 0.15) is 5.75 Å². The summed E-state index contributed by atoms with van der Waals surface area (Å²) >= 11 is 5.83. The number of ether oxygens (including phenoxy) is 3. The predicted octanol–water partition coefficient (Wildman–Crippen LogP) is 4.34. The van der Waals surface area contributed by atoms with Crippen LogP contribution in [0.2, 0.25) is 5.02 Å². The molecule has 0 radical (unpaired) electrons. The summed E-state index contributed by atoms with van der Waals surface area (Å²) in [6, 6.07) is 18.0. The minimum atomic E-state index is -0.540. The average Bonchev–Trinajstić information content (AvgIpc) is 2.80. The molecule has 3 aromatic carbocycles. The number of halogens is 1. The fraction of sp³-hybridized carbons (Fsp3) is 0.0870. The molecule has 0 aliphatic carbocycles. The van der Waals surface area contributed by atoms with Crippen molar-refractivity contribution < 1.29 is 23.8 Å². The maximum atomic E-state index is 12.3. The van der Waals surface area contributed by atoms with Crippen LogP contribution in [-0.4, -0.2) is 32.3 Å². The second-order valence-electron chi connectivity index (χ2n) is 6.24. The van der Waals surface area contributed by atoms with Crippen molar-refractivity contribution in [2.24, 2.45) is 5.10 Å². The van der Waals surface area contributed by atoms with Crippen LogP contribution in [0.25, 0.3) is 0 Å². The van der Waals surface area contributed by atoms with Crippen molar-refractivity contribution in [1.82, 2.24) is 5.43 Å². The highest BCUT2D eigenvalue weighted by Gasteiger charge is 2.13. The van der Waals surface area contributed by atoms with E-state index in [2.05, 4.69) is 10.5 Å². The highest BCUT2D eigenvalue weighted by molar-refractivity contribution is 6.30. The molecule has 3 rings (SSSR count). The molecule has 31 heavy (non-hydrogen) atoms. The third-order valence-corrected chi connectivity index (χ3v) is 4.43. The van der Waals surface area contributed by atoms with Gasteiger partial charge >= 0.3 is 5.97 Å². The van der Waals surface area contributed by atoms with Gasteiger partial charge in [-0.2, -0.15) is 5.10 Å². The van der Waals surface area contributed by atoms with Crippen LogP contribution in [0.4, 0.5) is 0 Å². The second-order valence-corrected chi connectivity index (χ2v) is 6.67. The Morgan fingerprint density at radius 1 is 0.903 bits per heavy atom. The molecular weight excluding hydrogens is 420 g/mol. The number of benzene rings is 3. The fourth-order valence-corrected chi connectivity index (χ4v) is 2.71. The van der Waals surface area contributed by atoms with E-state index >= 15 is 0 Å². The Morgan fingerprint density at radius 3 is 2.39 bits per heavy atom. The molecule has 0 unspecified atom stereocenters. The third kappa shape index (κ3) is 5.83. The monoisotopic (exact) mass is 438 g/mol. The molecule has 1 amide bonds. The molecule has 0 heterocycles. The van der Waals surface area contributed by atoms with Crippen LogP contribution in [0, 0.1) is 0 Å². The summed E-state index contributed by atoms with van der Waals surface area (Å²) in [6.45, 7) is 0. The molecule has 0 bridgehead atoms. The van der Waals surface area contributed by atoms with Crippen molar-refractivity contribution in [1.29, 1.82) is 0 Å². The summed E-state index contributed by atoms with van der Waals surface area (Å²) in [5.41, 5.74) is 3.85. The normalized spacial score (nSPS) is 10.5. The molecular formula is C23H19ClN2O5. The zero-order valence-electron chi connectivity index (χ0n) is 16.8. The molecule has 0 aliphatic heterocycles. The quantitative estimate of drug-likeness (QED) is 0.256. The maximum absolute atomic E-state index is 12.3. The summed E-state index contributed by atoms with van der Waals surface area (Å²) in [6.07, 6.45) is 1.45. The van der Waals surface area contributed by atoms with Crippen molar-refractivity contribution in [3.63, 3.8) is 0 Å². The van der Waals surface area contributed by atoms with Crippen LogP contribution in [0.5, 0.6) is 17.2 Å². The Labute approximate surface area is 184 Å². The van der Waals surface area contributed by atoms with Gasteiger partial charge in [0.15, 0.2) is 11.5 Å². The van der Waals surface area contributed by atoms with Gasteiger partial charge in [-0.15, -0.1) is 0 Å². The topological polar surface area (TPSA) is 86.2 Å². The number of nitrogens with zero attached hydrogens (tertiary/aromatic N) is 1. The average molecular weight is 439 g/mol. The number of carbonyl (C=O) groups is 2. The van der Waals surface area contributed by atoms with Crippen LogP contribution in [-0.2, 0) is 0 Å². The number of hydrogen-bond donors (Lipinski definition) is 1. The van der Waals surface area contributed by atoms with Crippen LogP contribution in [0.1, 0.15) is 26.3 Å². The van der Waals surface area contributed by atoms with Crippen molar-refractivity contribution in [2.45, 2.75) is 0 Å². The Kier molecular flexibility index (Phi) is 7.24. The van der Waals surface area contributed by atoms with Gasteiger partial charge in [0.2, 0.25) is 0 Å². The Balaban J connectivity index is 1.66. The number of hydrazone groups is 1. The first kappa shape index (κ1) is 21.9. The van der Waals surface area contributed by atoms with E-state index in [0.717, 1.165) is 0 Å². The number of methoxy groups -OCH3 is 2. The SMILES string of the molecule is COc1cccc(C(=O)N/N=C/c2ccc(OC(=O)c3ccc(Cl)cc3)c(OC)c2)c1. The fourth-order valence-electron chi connectivity index (χ4n) is 2.59. The van der Waals surface area contributed by atoms with E-state index in [9.17, 15) is 9.59 Å². The summed E-state index contributed by atoms with van der Waals surface area (Å²) in [5.74, 6) is 0.244. The second kappa shape index (κ2) is 10.3. The van der Waals surface area contributed by atoms with Gasteiger partial charge in [-0.1, -0.05) is 17.7 Å². The van der Waals surface area contributed by atoms with Gasteiger partial charge < -0.3 is 14.2 Å². The number of nitrogens with one attached hydrogen (secondary N) is 1. The van der Waals surface area contributed by atoms with Gasteiger partial charge in [0, 0.05) is 10.6 Å². The lowest BCUT2D eigenvalue weighted by molar-refractivity contribution is 0.0729. The van der Waals surface area contributed by atoms with Crippen LogP contribution >= 0.6 is 11.6 Å². The molecule has 158 valence electrons. The molecule has 0 saturated heterocycles. The third-order valence-electron chi connectivity index (χ3n) is 4.18. The molecule has 0 fully saturated rings. The molecule has 0 saturated carbocycles. The standard InChI is InChI=1S/C23H19ClN2O5/c1-29-19-5-3-4-17(13-19)22(27)26-25-14-15-6-11-20(21(12-15)30-2)31-23(28)16-7-9-18(24)10-8-16/h3-14H,1-2H3,(H,26,27)/b25-14+. The highest BCUT2D eigenvalue weighted by atomic mass is 35.5. The minimum absolute atomic E-state index is 0.250. The first-order valence-corrected chi connectivity index (χ1v) is 9.51. The van der Waals surface area contributed by atoms with E-state index in [-0.39, 0.29) is 11.7 Å². The van der Waals surface area contributed by atoms with Gasteiger partial charge in [0.05, 0.1) is 26.0 Å². The minimum Gasteiger partial charge on any atom is -0.497 e. The molecule has 7 nitrogen and oxygen atoms in total. The van der Waals surface area contributed by atoms with E-state index in [1.165, 1.54) is 20.4 Å². The smallest absolute Gasteiger partial charge is 0.343 e. The van der Waals surface area contributed by atoms with Crippen molar-refractivity contribution in [2.75, 3.05) is 14.2 Å². The van der Waals surface area contributed by atoms with E-state index in [1.807, 2.05) is 0 Å². The number of esters is 1. The van der Waals surface area contributed by atoms with Gasteiger partial charge in [-0.3, -0.25) is 4.79 Å². The Morgan fingerprint density at radius 2 is 1.68 bits per heavy atom. The number of rotatable bonds is 7. The van der Waals surface area contributed by atoms with E-state index in [1.54, 1.807) is 66.7 Å². The molecule has 0 aromatic heterocycles. The molecule has 8 heteroatoms. The van der Waals surface area contributed by atoms with Crippen LogP contribution in [0.15, 0.2) is 71.8 Å². The number of carbonyl (C=O) groups excluding carboxylic acids is 2. The molecule has 3 aromatic rings. The van der Waals surface area contributed by atoms with E-state index in [0.29, 0.717) is 33.2 Å². The van der Waals surface area contributed by atoms with E-state index in [4.69, 9.17) is 25.8 Å². The summed E-state index contributed by atoms with van der Waals surface area (Å²) in [5, 5.41) is 4.48. The first-order valence-electron chi connectivity index (χ1n) is 9.13. The molecule has 1 N–H and O–H groups in total. The summed E-state index contributed by atoms with van der Waals surface area (Å²) < 4.78 is 15.8. The van der Waals surface area contributed by atoms with E-state index < -0.39 is 5.97 Å².